The number of nitrogens with zero attached hydrogens (tertiary/aromatic N) is 3. The molecule has 0 aliphatic carbocycles. The molecular formula is C11H14BrN3. The van der Waals surface area contributed by atoms with Crippen LogP contribution in [0.2, 0.25) is 0 Å². The predicted molar refractivity (Wildman–Crippen MR) is 67.3 cm³/mol. The fraction of sp³-hybridized carbons (Fsp3) is 0.273. The summed E-state index contributed by atoms with van der Waals surface area (Å²) in [6.07, 6.45) is 7.28. The standard InChI is InChI=1S/C11H14BrN3/c1-3-5-15(6-4-2)11-13-8-10(7-12)9-14-11/h3-4,8-9H,1-2,5-7H2. The number of hydrogen-bond acceptors (Lipinski definition) is 3. The van der Waals surface area contributed by atoms with Gasteiger partial charge in [-0.25, -0.2) is 9.97 Å². The molecule has 3 nitrogen and oxygen atoms in total. The first kappa shape index (κ1) is 11.9. The van der Waals surface area contributed by atoms with E-state index >= 15 is 0 Å². The van der Waals surface area contributed by atoms with Gasteiger partial charge in [0.25, 0.3) is 0 Å². The van der Waals surface area contributed by atoms with Gasteiger partial charge in [-0.2, -0.15) is 0 Å². The predicted octanol–water partition coefficient (Wildman–Crippen LogP) is 2.55. The third-order valence-electron chi connectivity index (χ3n) is 1.83. The van der Waals surface area contributed by atoms with Crippen LogP contribution in [0.15, 0.2) is 37.7 Å². The summed E-state index contributed by atoms with van der Waals surface area (Å²) < 4.78 is 0. The molecule has 0 aromatic carbocycles. The van der Waals surface area contributed by atoms with Crippen molar-refractivity contribution in [2.45, 2.75) is 5.33 Å². The van der Waals surface area contributed by atoms with Crippen molar-refractivity contribution in [3.8, 4) is 0 Å². The number of rotatable bonds is 6. The maximum Gasteiger partial charge on any atom is 0.225 e. The Balaban J connectivity index is 2.80. The van der Waals surface area contributed by atoms with Crippen LogP contribution in [0.5, 0.6) is 0 Å². The molecule has 0 bridgehead atoms. The molecular weight excluding hydrogens is 254 g/mol. The summed E-state index contributed by atoms with van der Waals surface area (Å²) in [5.74, 6) is 0.708. The van der Waals surface area contributed by atoms with E-state index in [0.717, 1.165) is 24.0 Å². The van der Waals surface area contributed by atoms with Gasteiger partial charge in [-0.05, 0) is 5.56 Å². The normalized spacial score (nSPS) is 9.67. The fourth-order valence-corrected chi connectivity index (χ4v) is 1.42. The average molecular weight is 268 g/mol. The highest BCUT2D eigenvalue weighted by Crippen LogP contribution is 2.08. The second-order valence-electron chi connectivity index (χ2n) is 3.01. The van der Waals surface area contributed by atoms with Crippen molar-refractivity contribution in [2.75, 3.05) is 18.0 Å². The van der Waals surface area contributed by atoms with Gasteiger partial charge in [0.05, 0.1) is 0 Å². The van der Waals surface area contributed by atoms with Crippen molar-refractivity contribution in [1.82, 2.24) is 9.97 Å². The Morgan fingerprint density at radius 1 is 1.20 bits per heavy atom. The molecule has 0 saturated carbocycles. The lowest BCUT2D eigenvalue weighted by Crippen LogP contribution is -2.25. The van der Waals surface area contributed by atoms with Gasteiger partial charge in [0.15, 0.2) is 0 Å². The lowest BCUT2D eigenvalue weighted by molar-refractivity contribution is 0.885. The third kappa shape index (κ3) is 3.47. The molecule has 80 valence electrons. The van der Waals surface area contributed by atoms with Gasteiger partial charge >= 0.3 is 0 Å². The van der Waals surface area contributed by atoms with Gasteiger partial charge in [-0.15, -0.1) is 13.2 Å². The molecule has 15 heavy (non-hydrogen) atoms. The molecule has 4 heteroatoms. The maximum absolute atomic E-state index is 4.28. The van der Waals surface area contributed by atoms with Crippen molar-refractivity contribution in [2.24, 2.45) is 0 Å². The maximum atomic E-state index is 4.28. The Morgan fingerprint density at radius 3 is 2.13 bits per heavy atom. The van der Waals surface area contributed by atoms with Crippen LogP contribution in [-0.4, -0.2) is 23.1 Å². The molecule has 0 fully saturated rings. The SMILES string of the molecule is C=CCN(CC=C)c1ncc(CBr)cn1. The van der Waals surface area contributed by atoms with Gasteiger partial charge in [-0.3, -0.25) is 0 Å². The van der Waals surface area contributed by atoms with Gasteiger partial charge in [0.1, 0.15) is 0 Å². The molecule has 0 saturated heterocycles. The number of halogens is 1. The minimum Gasteiger partial charge on any atom is -0.333 e. The van der Waals surface area contributed by atoms with E-state index in [1.165, 1.54) is 0 Å². The summed E-state index contributed by atoms with van der Waals surface area (Å²) in [7, 11) is 0. The molecule has 0 aliphatic rings. The first-order valence-electron chi connectivity index (χ1n) is 4.65. The van der Waals surface area contributed by atoms with Crippen LogP contribution >= 0.6 is 15.9 Å². The Labute approximate surface area is 98.7 Å². The highest BCUT2D eigenvalue weighted by Gasteiger charge is 2.05. The molecule has 0 spiro atoms. The zero-order valence-electron chi connectivity index (χ0n) is 8.56. The van der Waals surface area contributed by atoms with E-state index in [1.807, 2.05) is 29.4 Å². The molecule has 0 aliphatic heterocycles. The van der Waals surface area contributed by atoms with Crippen molar-refractivity contribution < 1.29 is 0 Å². The van der Waals surface area contributed by atoms with Crippen LogP contribution in [-0.2, 0) is 5.33 Å². The van der Waals surface area contributed by atoms with Crippen LogP contribution in [0.1, 0.15) is 5.56 Å². The molecule has 1 aromatic rings. The van der Waals surface area contributed by atoms with Crippen molar-refractivity contribution in [3.05, 3.63) is 43.3 Å². The largest absolute Gasteiger partial charge is 0.333 e. The summed E-state index contributed by atoms with van der Waals surface area (Å²) in [6, 6.07) is 0. The number of hydrogen-bond donors (Lipinski definition) is 0. The summed E-state index contributed by atoms with van der Waals surface area (Å²) in [5.41, 5.74) is 1.07. The fourth-order valence-electron chi connectivity index (χ4n) is 1.13. The molecule has 0 atom stereocenters. The van der Waals surface area contributed by atoms with Crippen molar-refractivity contribution in [1.29, 1.82) is 0 Å². The minimum atomic E-state index is 0.708. The number of anilines is 1. The lowest BCUT2D eigenvalue weighted by Gasteiger charge is -2.18. The molecule has 1 aromatic heterocycles. The van der Waals surface area contributed by atoms with Crippen LogP contribution in [0.3, 0.4) is 0 Å². The van der Waals surface area contributed by atoms with Crippen molar-refractivity contribution >= 4 is 21.9 Å². The van der Waals surface area contributed by atoms with Crippen LogP contribution in [0.4, 0.5) is 5.95 Å². The van der Waals surface area contributed by atoms with Crippen LogP contribution in [0.25, 0.3) is 0 Å². The Morgan fingerprint density at radius 2 is 1.73 bits per heavy atom. The Kier molecular flexibility index (Phi) is 5.04. The van der Waals surface area contributed by atoms with E-state index in [4.69, 9.17) is 0 Å². The topological polar surface area (TPSA) is 29.0 Å². The highest BCUT2D eigenvalue weighted by atomic mass is 79.9. The Hall–Kier alpha value is -1.16. The van der Waals surface area contributed by atoms with E-state index in [0.29, 0.717) is 5.95 Å². The second-order valence-corrected chi connectivity index (χ2v) is 3.57. The molecule has 0 radical (unpaired) electrons. The molecule has 1 rings (SSSR count). The number of alkyl halides is 1. The van der Waals surface area contributed by atoms with Gasteiger partial charge in [-0.1, -0.05) is 28.1 Å². The molecule has 0 N–H and O–H groups in total. The van der Waals surface area contributed by atoms with Crippen LogP contribution in [0, 0.1) is 0 Å². The highest BCUT2D eigenvalue weighted by molar-refractivity contribution is 9.08. The lowest BCUT2D eigenvalue weighted by atomic mass is 10.4. The zero-order chi connectivity index (χ0) is 11.1. The first-order chi connectivity index (χ1) is 7.31. The summed E-state index contributed by atoms with van der Waals surface area (Å²) in [5, 5.41) is 0.774. The number of aromatic nitrogens is 2. The minimum absolute atomic E-state index is 0.708. The van der Waals surface area contributed by atoms with E-state index < -0.39 is 0 Å². The second kappa shape index (κ2) is 6.35. The van der Waals surface area contributed by atoms with E-state index in [1.54, 1.807) is 0 Å². The summed E-state index contributed by atoms with van der Waals surface area (Å²) in [6.45, 7) is 8.85. The van der Waals surface area contributed by atoms with Gasteiger partial charge in [0.2, 0.25) is 5.95 Å². The summed E-state index contributed by atoms with van der Waals surface area (Å²) >= 11 is 3.35. The van der Waals surface area contributed by atoms with E-state index in [-0.39, 0.29) is 0 Å². The molecule has 0 unspecified atom stereocenters. The Bertz CT molecular complexity index is 311. The quantitative estimate of drug-likeness (QED) is 0.586. The van der Waals surface area contributed by atoms with Crippen LogP contribution < -0.4 is 4.90 Å². The van der Waals surface area contributed by atoms with Gasteiger partial charge < -0.3 is 4.90 Å². The van der Waals surface area contributed by atoms with Gasteiger partial charge in [0, 0.05) is 30.8 Å². The molecule has 0 amide bonds. The van der Waals surface area contributed by atoms with E-state index in [2.05, 4.69) is 39.1 Å². The van der Waals surface area contributed by atoms with Crippen molar-refractivity contribution in [3.63, 3.8) is 0 Å². The monoisotopic (exact) mass is 267 g/mol. The zero-order valence-corrected chi connectivity index (χ0v) is 10.2. The average Bonchev–Trinajstić information content (AvgIpc) is 2.29. The smallest absolute Gasteiger partial charge is 0.225 e. The first-order valence-corrected chi connectivity index (χ1v) is 5.77. The third-order valence-corrected chi connectivity index (χ3v) is 2.48. The summed E-state index contributed by atoms with van der Waals surface area (Å²) in [4.78, 5) is 10.6. The van der Waals surface area contributed by atoms with E-state index in [9.17, 15) is 0 Å². The molecule has 1 heterocycles.